The molecule has 4 aromatic rings. The molecule has 1 atom stereocenters. The number of allylic oxidation sites excluding steroid dienone is 1. The minimum atomic E-state index is -0.714. The van der Waals surface area contributed by atoms with Crippen LogP contribution < -0.4 is 33.1 Å². The van der Waals surface area contributed by atoms with E-state index in [1.807, 2.05) is 41.2 Å². The summed E-state index contributed by atoms with van der Waals surface area (Å²) in [6, 6.07) is 18.2. The first-order chi connectivity index (χ1) is 16.0. The highest BCUT2D eigenvalue weighted by Crippen LogP contribution is 2.43. The number of benzene rings is 2. The number of ether oxygens (including phenoxy) is 1. The number of nitrogens with zero attached hydrogens (tertiary/aromatic N) is 2. The van der Waals surface area contributed by atoms with Gasteiger partial charge in [-0.3, -0.25) is 0 Å². The summed E-state index contributed by atoms with van der Waals surface area (Å²) in [4.78, 5) is 13.0. The molecule has 0 radical (unpaired) electrons. The summed E-state index contributed by atoms with van der Waals surface area (Å²) in [5, 5.41) is 11.6. The summed E-state index contributed by atoms with van der Waals surface area (Å²) in [5.74, 6) is -0.433. The summed E-state index contributed by atoms with van der Waals surface area (Å²) in [6.45, 7) is 0.524. The Labute approximate surface area is 210 Å². The van der Waals surface area contributed by atoms with Crippen LogP contribution in [-0.4, -0.2) is 0 Å². The number of nitriles is 1. The lowest BCUT2D eigenvalue weighted by Crippen LogP contribution is -3.00. The van der Waals surface area contributed by atoms with E-state index in [9.17, 15) is 10.1 Å². The maximum Gasteiger partial charge on any atom is 0.344 e. The lowest BCUT2D eigenvalue weighted by molar-refractivity contribution is -0.688. The Hall–Kier alpha value is -3.50. The van der Waals surface area contributed by atoms with Gasteiger partial charge in [0.15, 0.2) is 24.7 Å². The van der Waals surface area contributed by atoms with Crippen molar-refractivity contribution in [2.75, 3.05) is 0 Å². The Morgan fingerprint density at radius 3 is 2.53 bits per heavy atom. The summed E-state index contributed by atoms with van der Waals surface area (Å²) in [5.41, 5.74) is 7.94. The Morgan fingerprint density at radius 1 is 1.09 bits per heavy atom. The lowest BCUT2D eigenvalue weighted by Gasteiger charge is -2.25. The van der Waals surface area contributed by atoms with Crippen LogP contribution >= 0.6 is 23.2 Å². The monoisotopic (exact) mass is 511 g/mol. The van der Waals surface area contributed by atoms with Gasteiger partial charge in [-0.2, -0.15) is 5.26 Å². The molecular weight excluding hydrogens is 497 g/mol. The molecule has 5 rings (SSSR count). The normalized spacial score (nSPS) is 14.7. The van der Waals surface area contributed by atoms with Crippen molar-refractivity contribution in [2.45, 2.75) is 12.5 Å². The summed E-state index contributed by atoms with van der Waals surface area (Å²) >= 11 is 12.3. The second-order valence-corrected chi connectivity index (χ2v) is 8.44. The number of halogens is 3. The van der Waals surface area contributed by atoms with E-state index in [2.05, 4.69) is 6.07 Å². The molecule has 9 heteroatoms. The third kappa shape index (κ3) is 4.10. The zero-order valence-electron chi connectivity index (χ0n) is 17.5. The predicted octanol–water partition coefficient (Wildman–Crippen LogP) is 1.66. The van der Waals surface area contributed by atoms with Crippen LogP contribution in [0.4, 0.5) is 0 Å². The first kappa shape index (κ1) is 23.7. The number of hydrogen-bond acceptors (Lipinski definition) is 5. The quantitative estimate of drug-likeness (QED) is 0.333. The Kier molecular flexibility index (Phi) is 6.54. The number of pyridine rings is 1. The fourth-order valence-corrected chi connectivity index (χ4v) is 4.48. The molecule has 0 saturated carbocycles. The molecule has 6 nitrogen and oxygen atoms in total. The van der Waals surface area contributed by atoms with Crippen LogP contribution in [0.1, 0.15) is 22.6 Å². The molecule has 1 unspecified atom stereocenters. The van der Waals surface area contributed by atoms with Crippen molar-refractivity contribution in [3.05, 3.63) is 116 Å². The van der Waals surface area contributed by atoms with Crippen LogP contribution in [0.2, 0.25) is 10.0 Å². The average molecular weight is 513 g/mol. The van der Waals surface area contributed by atoms with Crippen LogP contribution in [0.25, 0.3) is 11.0 Å². The van der Waals surface area contributed by atoms with Gasteiger partial charge in [0, 0.05) is 22.7 Å². The van der Waals surface area contributed by atoms with E-state index >= 15 is 0 Å². The molecule has 0 bridgehead atoms. The Bertz CT molecular complexity index is 1540. The van der Waals surface area contributed by atoms with Crippen LogP contribution in [0.5, 0.6) is 5.75 Å². The molecule has 170 valence electrons. The molecular formula is C25H16Cl3N3O3. The standard InChI is InChI=1S/C25H16Cl2N3O3.ClH/c26-16-6-5-15(19(27)11-16)13-30-9-7-14(8-10-30)21-18(12-28)24(29)33-23-17-3-1-2-4-20(17)32-25(31)22(21)23;/h1-11,21H,13,29H2;1H/q+1;/p-1. The molecule has 1 aliphatic rings. The molecule has 0 amide bonds. The molecule has 1 aliphatic heterocycles. The number of para-hydroxylation sites is 1. The van der Waals surface area contributed by atoms with Crippen molar-refractivity contribution < 1.29 is 26.1 Å². The number of rotatable bonds is 3. The van der Waals surface area contributed by atoms with Crippen molar-refractivity contribution in [1.29, 1.82) is 5.26 Å². The SMILES string of the molecule is N#CC1=C(N)Oc2c(c(=O)oc3ccccc23)C1c1cc[n+](Cc2ccc(Cl)cc2Cl)cc1.[Cl-]. The molecule has 0 aliphatic carbocycles. The zero-order chi connectivity index (χ0) is 23.1. The lowest BCUT2D eigenvalue weighted by atomic mass is 9.84. The van der Waals surface area contributed by atoms with Crippen molar-refractivity contribution in [3.8, 4) is 11.8 Å². The van der Waals surface area contributed by atoms with Crippen LogP contribution in [0.15, 0.2) is 87.7 Å². The number of nitrogens with two attached hydrogens (primary N) is 1. The van der Waals surface area contributed by atoms with E-state index in [0.717, 1.165) is 5.56 Å². The maximum absolute atomic E-state index is 13.0. The molecule has 2 aromatic carbocycles. The van der Waals surface area contributed by atoms with Gasteiger partial charge in [0.25, 0.3) is 0 Å². The van der Waals surface area contributed by atoms with Gasteiger partial charge in [-0.05, 0) is 35.9 Å². The largest absolute Gasteiger partial charge is 1.00 e. The van der Waals surface area contributed by atoms with Crippen molar-refractivity contribution in [1.82, 2.24) is 0 Å². The predicted molar refractivity (Wildman–Crippen MR) is 124 cm³/mol. The second kappa shape index (κ2) is 9.40. The van der Waals surface area contributed by atoms with Crippen molar-refractivity contribution >= 4 is 34.2 Å². The van der Waals surface area contributed by atoms with Crippen molar-refractivity contribution in [2.24, 2.45) is 5.73 Å². The minimum Gasteiger partial charge on any atom is -1.00 e. The Balaban J connectivity index is 0.00000274. The number of aromatic nitrogens is 1. The molecule has 0 spiro atoms. The number of fused-ring (bicyclic) bond motifs is 3. The zero-order valence-corrected chi connectivity index (χ0v) is 19.7. The highest BCUT2D eigenvalue weighted by atomic mass is 35.5. The van der Waals surface area contributed by atoms with E-state index in [1.54, 1.807) is 30.3 Å². The fourth-order valence-electron chi connectivity index (χ4n) is 4.01. The van der Waals surface area contributed by atoms with Crippen LogP contribution in [0.3, 0.4) is 0 Å². The van der Waals surface area contributed by atoms with Gasteiger partial charge in [0.1, 0.15) is 17.2 Å². The summed E-state index contributed by atoms with van der Waals surface area (Å²) in [6.07, 6.45) is 3.70. The first-order valence-electron chi connectivity index (χ1n) is 10.0. The van der Waals surface area contributed by atoms with Gasteiger partial charge in [-0.25, -0.2) is 9.36 Å². The third-order valence-corrected chi connectivity index (χ3v) is 6.18. The molecule has 0 fully saturated rings. The highest BCUT2D eigenvalue weighted by molar-refractivity contribution is 6.35. The van der Waals surface area contributed by atoms with Gasteiger partial charge in [0.05, 0.1) is 21.9 Å². The van der Waals surface area contributed by atoms with E-state index in [-0.39, 0.29) is 29.4 Å². The van der Waals surface area contributed by atoms with Crippen LogP contribution in [-0.2, 0) is 6.54 Å². The maximum atomic E-state index is 13.0. The fraction of sp³-hybridized carbons (Fsp3) is 0.0800. The molecule has 0 saturated heterocycles. The molecule has 2 aromatic heterocycles. The summed E-state index contributed by atoms with van der Waals surface area (Å²) < 4.78 is 13.2. The van der Waals surface area contributed by atoms with E-state index in [4.69, 9.17) is 38.1 Å². The van der Waals surface area contributed by atoms with Crippen molar-refractivity contribution in [3.63, 3.8) is 0 Å². The molecule has 3 heterocycles. The number of hydrogen-bond donors (Lipinski definition) is 1. The van der Waals surface area contributed by atoms with Gasteiger partial charge in [0.2, 0.25) is 5.88 Å². The van der Waals surface area contributed by atoms with Gasteiger partial charge >= 0.3 is 5.63 Å². The highest BCUT2D eigenvalue weighted by Gasteiger charge is 2.35. The second-order valence-electron chi connectivity index (χ2n) is 7.59. The third-order valence-electron chi connectivity index (χ3n) is 5.59. The first-order valence-corrected chi connectivity index (χ1v) is 10.8. The average Bonchev–Trinajstić information content (AvgIpc) is 2.81. The van der Waals surface area contributed by atoms with Gasteiger partial charge in [-0.15, -0.1) is 0 Å². The van der Waals surface area contributed by atoms with Gasteiger partial charge < -0.3 is 27.3 Å². The van der Waals surface area contributed by atoms with Gasteiger partial charge in [-0.1, -0.05) is 35.3 Å². The van der Waals surface area contributed by atoms with E-state index in [0.29, 0.717) is 38.9 Å². The topological polar surface area (TPSA) is 93.1 Å². The molecule has 34 heavy (non-hydrogen) atoms. The van der Waals surface area contributed by atoms with E-state index < -0.39 is 11.5 Å². The van der Waals surface area contributed by atoms with E-state index in [1.165, 1.54) is 0 Å². The summed E-state index contributed by atoms with van der Waals surface area (Å²) in [7, 11) is 0. The molecule has 2 N–H and O–H groups in total. The van der Waals surface area contributed by atoms with Crippen LogP contribution in [0, 0.1) is 11.3 Å². The smallest absolute Gasteiger partial charge is 0.344 e. The minimum absolute atomic E-state index is 0. The Morgan fingerprint density at radius 2 is 1.82 bits per heavy atom.